The monoisotopic (exact) mass is 601 g/mol. The quantitative estimate of drug-likeness (QED) is 0.141. The summed E-state index contributed by atoms with van der Waals surface area (Å²) in [4.78, 5) is 9.16. The van der Waals surface area contributed by atoms with Crippen molar-refractivity contribution in [1.29, 1.82) is 0 Å². The maximum Gasteiger partial charge on any atom is 0.263 e. The molecule has 1 aromatic heterocycles. The van der Waals surface area contributed by atoms with Crippen molar-refractivity contribution >= 4 is 44.1 Å². The first-order chi connectivity index (χ1) is 20.7. The molecule has 0 saturated carbocycles. The second kappa shape index (κ2) is 12.4. The van der Waals surface area contributed by atoms with E-state index < -0.39 is 16.3 Å². The van der Waals surface area contributed by atoms with Gasteiger partial charge in [0, 0.05) is 35.1 Å². The molecule has 1 heterocycles. The fourth-order valence-corrected chi connectivity index (χ4v) is 5.35. The van der Waals surface area contributed by atoms with Gasteiger partial charge in [0.25, 0.3) is 10.0 Å². The standard InChI is InChI=1S/C31H31N5O6S/c1-19-9-10-20(15-28(19)42-4)31(37)33-21-11-13-25(14-12-21)43(38,39)36-30-29(34-26-7-5-6-8-27(26)35-30)32-22-16-23(40-2)18-24(17-22)41-3/h5-18,31,33,37H,1-4H3,(H,32,34)(H,35,36). The second-order valence-corrected chi connectivity index (χ2v) is 11.2. The van der Waals surface area contributed by atoms with Crippen LogP contribution in [0, 0.1) is 6.92 Å². The second-order valence-electron chi connectivity index (χ2n) is 9.54. The Morgan fingerprint density at radius 1 is 0.744 bits per heavy atom. The maximum atomic E-state index is 13.5. The minimum absolute atomic E-state index is 0.00595. The van der Waals surface area contributed by atoms with Crippen molar-refractivity contribution in [2.45, 2.75) is 18.0 Å². The molecule has 12 heteroatoms. The Kier molecular flexibility index (Phi) is 8.51. The van der Waals surface area contributed by atoms with Crippen LogP contribution >= 0.6 is 0 Å². The molecular weight excluding hydrogens is 570 g/mol. The van der Waals surface area contributed by atoms with Crippen LogP contribution in [0.2, 0.25) is 0 Å². The SMILES string of the molecule is COc1cc(Nc2nc3ccccc3nc2NS(=O)(=O)c2ccc(NC(O)c3ccc(C)c(OC)c3)cc2)cc(OC)c1. The van der Waals surface area contributed by atoms with Crippen LogP contribution in [0.3, 0.4) is 0 Å². The molecule has 11 nitrogen and oxygen atoms in total. The Morgan fingerprint density at radius 2 is 1.37 bits per heavy atom. The molecule has 43 heavy (non-hydrogen) atoms. The van der Waals surface area contributed by atoms with Gasteiger partial charge in [-0.3, -0.25) is 4.72 Å². The van der Waals surface area contributed by atoms with Gasteiger partial charge in [0.05, 0.1) is 37.3 Å². The van der Waals surface area contributed by atoms with Crippen molar-refractivity contribution in [3.8, 4) is 17.2 Å². The third-order valence-electron chi connectivity index (χ3n) is 6.63. The van der Waals surface area contributed by atoms with Gasteiger partial charge in [-0.2, -0.15) is 0 Å². The number of ether oxygens (including phenoxy) is 3. The van der Waals surface area contributed by atoms with E-state index in [1.54, 1.807) is 67.8 Å². The van der Waals surface area contributed by atoms with Crippen LogP contribution in [0.1, 0.15) is 17.4 Å². The normalized spacial score (nSPS) is 11.9. The van der Waals surface area contributed by atoms with E-state index in [2.05, 4.69) is 25.3 Å². The van der Waals surface area contributed by atoms with Gasteiger partial charge in [-0.25, -0.2) is 18.4 Å². The Hall–Kier alpha value is -5.07. The van der Waals surface area contributed by atoms with Crippen molar-refractivity contribution in [3.63, 3.8) is 0 Å². The van der Waals surface area contributed by atoms with E-state index in [4.69, 9.17) is 14.2 Å². The number of anilines is 4. The van der Waals surface area contributed by atoms with E-state index in [1.165, 1.54) is 26.4 Å². The minimum atomic E-state index is -4.08. The summed E-state index contributed by atoms with van der Waals surface area (Å²) in [5.74, 6) is 1.93. The molecule has 0 bridgehead atoms. The average Bonchev–Trinajstić information content (AvgIpc) is 3.01. The van der Waals surface area contributed by atoms with Crippen molar-refractivity contribution < 1.29 is 27.7 Å². The summed E-state index contributed by atoms with van der Waals surface area (Å²) in [7, 11) is 0.558. The lowest BCUT2D eigenvalue weighted by atomic mass is 10.1. The number of hydrogen-bond acceptors (Lipinski definition) is 10. The molecule has 5 rings (SSSR count). The van der Waals surface area contributed by atoms with E-state index in [-0.39, 0.29) is 16.5 Å². The average molecular weight is 602 g/mol. The highest BCUT2D eigenvalue weighted by molar-refractivity contribution is 7.92. The third-order valence-corrected chi connectivity index (χ3v) is 7.99. The Labute approximate surface area is 249 Å². The van der Waals surface area contributed by atoms with Crippen molar-refractivity contribution in [2.75, 3.05) is 36.7 Å². The number of benzene rings is 4. The number of aliphatic hydroxyl groups excluding tert-OH is 1. The zero-order chi connectivity index (χ0) is 30.6. The van der Waals surface area contributed by atoms with Gasteiger partial charge in [-0.15, -0.1) is 0 Å². The molecule has 4 N–H and O–H groups in total. The summed E-state index contributed by atoms with van der Waals surface area (Å²) >= 11 is 0. The lowest BCUT2D eigenvalue weighted by Gasteiger charge is -2.17. The Bertz CT molecular complexity index is 1840. The zero-order valence-corrected chi connectivity index (χ0v) is 24.8. The summed E-state index contributed by atoms with van der Waals surface area (Å²) in [6, 6.07) is 23.7. The first-order valence-corrected chi connectivity index (χ1v) is 14.7. The van der Waals surface area contributed by atoms with Crippen LogP contribution < -0.4 is 29.6 Å². The third kappa shape index (κ3) is 6.71. The van der Waals surface area contributed by atoms with Crippen molar-refractivity contribution in [1.82, 2.24) is 9.97 Å². The number of nitrogens with one attached hydrogen (secondary N) is 3. The molecule has 5 aromatic rings. The number of aliphatic hydroxyl groups is 1. The number of aromatic nitrogens is 2. The molecule has 0 aliphatic carbocycles. The predicted octanol–water partition coefficient (Wildman–Crippen LogP) is 5.61. The smallest absolute Gasteiger partial charge is 0.263 e. The summed E-state index contributed by atoms with van der Waals surface area (Å²) in [6.45, 7) is 1.91. The molecule has 0 aliphatic rings. The first-order valence-electron chi connectivity index (χ1n) is 13.2. The molecular formula is C31H31N5O6S. The fourth-order valence-electron chi connectivity index (χ4n) is 4.34. The van der Waals surface area contributed by atoms with Gasteiger partial charge in [-0.1, -0.05) is 24.3 Å². The van der Waals surface area contributed by atoms with Gasteiger partial charge in [-0.05, 0) is 55.0 Å². The van der Waals surface area contributed by atoms with Gasteiger partial charge < -0.3 is 30.0 Å². The van der Waals surface area contributed by atoms with Gasteiger partial charge in [0.2, 0.25) is 0 Å². The van der Waals surface area contributed by atoms with E-state index >= 15 is 0 Å². The highest BCUT2D eigenvalue weighted by atomic mass is 32.2. The summed E-state index contributed by atoms with van der Waals surface area (Å²) in [5.41, 5.74) is 3.70. The Morgan fingerprint density at radius 3 is 1.98 bits per heavy atom. The number of para-hydroxylation sites is 2. The first kappa shape index (κ1) is 29.4. The number of sulfonamides is 1. The lowest BCUT2D eigenvalue weighted by Crippen LogP contribution is -2.16. The Balaban J connectivity index is 1.40. The predicted molar refractivity (Wildman–Crippen MR) is 166 cm³/mol. The van der Waals surface area contributed by atoms with E-state index in [0.717, 1.165) is 5.56 Å². The zero-order valence-electron chi connectivity index (χ0n) is 24.0. The number of aryl methyl sites for hydroxylation is 1. The fraction of sp³-hybridized carbons (Fsp3) is 0.161. The molecule has 0 radical (unpaired) electrons. The number of nitrogens with zero attached hydrogens (tertiary/aromatic N) is 2. The van der Waals surface area contributed by atoms with Crippen LogP contribution in [0.25, 0.3) is 11.0 Å². The summed E-state index contributed by atoms with van der Waals surface area (Å²) in [6.07, 6.45) is -1.04. The number of rotatable bonds is 11. The topological polar surface area (TPSA) is 144 Å². The molecule has 0 saturated heterocycles. The lowest BCUT2D eigenvalue weighted by molar-refractivity contribution is 0.207. The van der Waals surface area contributed by atoms with E-state index in [1.807, 2.05) is 19.1 Å². The van der Waals surface area contributed by atoms with Crippen LogP contribution in [-0.4, -0.2) is 44.8 Å². The van der Waals surface area contributed by atoms with Crippen molar-refractivity contribution in [2.24, 2.45) is 0 Å². The highest BCUT2D eigenvalue weighted by Gasteiger charge is 2.20. The molecule has 0 spiro atoms. The summed E-state index contributed by atoms with van der Waals surface area (Å²) < 4.78 is 45.6. The number of hydrogen-bond donors (Lipinski definition) is 4. The molecule has 0 aliphatic heterocycles. The molecule has 4 aromatic carbocycles. The molecule has 1 atom stereocenters. The van der Waals surface area contributed by atoms with Crippen molar-refractivity contribution in [3.05, 3.63) is 96.1 Å². The van der Waals surface area contributed by atoms with Crippen LogP contribution in [-0.2, 0) is 10.0 Å². The minimum Gasteiger partial charge on any atom is -0.497 e. The molecule has 0 fully saturated rings. The largest absolute Gasteiger partial charge is 0.497 e. The molecule has 1 unspecified atom stereocenters. The maximum absolute atomic E-state index is 13.5. The van der Waals surface area contributed by atoms with Gasteiger partial charge in [0.15, 0.2) is 17.9 Å². The highest BCUT2D eigenvalue weighted by Crippen LogP contribution is 2.32. The van der Waals surface area contributed by atoms with E-state index in [9.17, 15) is 13.5 Å². The number of fused-ring (bicyclic) bond motifs is 1. The van der Waals surface area contributed by atoms with E-state index in [0.29, 0.717) is 45.2 Å². The molecule has 222 valence electrons. The van der Waals surface area contributed by atoms with Crippen LogP contribution in [0.15, 0.2) is 89.8 Å². The van der Waals surface area contributed by atoms with Gasteiger partial charge >= 0.3 is 0 Å². The van der Waals surface area contributed by atoms with Gasteiger partial charge in [0.1, 0.15) is 17.2 Å². The molecule has 0 amide bonds. The van der Waals surface area contributed by atoms with Crippen LogP contribution in [0.5, 0.6) is 17.2 Å². The summed E-state index contributed by atoms with van der Waals surface area (Å²) in [5, 5.41) is 16.8. The van der Waals surface area contributed by atoms with Crippen LogP contribution in [0.4, 0.5) is 23.0 Å². The number of methoxy groups -OCH3 is 3.